The van der Waals surface area contributed by atoms with E-state index in [4.69, 9.17) is 0 Å². The van der Waals surface area contributed by atoms with Gasteiger partial charge in [-0.05, 0) is 53.4 Å². The van der Waals surface area contributed by atoms with Crippen LogP contribution < -0.4 is 0 Å². The lowest BCUT2D eigenvalue weighted by Crippen LogP contribution is -1.99. The second-order valence-corrected chi connectivity index (χ2v) is 5.85. The number of rotatable bonds is 3. The Hall–Kier alpha value is -2.87. The molecule has 4 rings (SSSR count). The van der Waals surface area contributed by atoms with Gasteiger partial charge in [0.15, 0.2) is 5.65 Å². The number of hydrogen-bond donors (Lipinski definition) is 0. The van der Waals surface area contributed by atoms with Gasteiger partial charge in [0, 0.05) is 12.4 Å². The normalized spacial score (nSPS) is 11.0. The van der Waals surface area contributed by atoms with Gasteiger partial charge < -0.3 is 0 Å². The van der Waals surface area contributed by atoms with Crippen LogP contribution in [0.15, 0.2) is 59.0 Å². The van der Waals surface area contributed by atoms with Gasteiger partial charge in [-0.15, -0.1) is 5.10 Å². The van der Waals surface area contributed by atoms with Crippen molar-refractivity contribution in [2.45, 2.75) is 17.1 Å². The van der Waals surface area contributed by atoms with Crippen molar-refractivity contribution in [3.63, 3.8) is 0 Å². The quantitative estimate of drug-likeness (QED) is 0.573. The third-order valence-corrected chi connectivity index (χ3v) is 4.10. The second-order valence-electron chi connectivity index (χ2n) is 4.86. The van der Waals surface area contributed by atoms with Crippen LogP contribution in [0, 0.1) is 6.92 Å². The molecule has 7 nitrogen and oxygen atoms in total. The maximum Gasteiger partial charge on any atom is 0.220 e. The second kappa shape index (κ2) is 5.73. The molecule has 0 radical (unpaired) electrons. The molecule has 3 heterocycles. The maximum absolute atomic E-state index is 4.48. The van der Waals surface area contributed by atoms with E-state index >= 15 is 0 Å². The molecule has 23 heavy (non-hydrogen) atoms. The zero-order valence-electron chi connectivity index (χ0n) is 12.2. The van der Waals surface area contributed by atoms with Crippen LogP contribution in [0.5, 0.6) is 0 Å². The van der Waals surface area contributed by atoms with Gasteiger partial charge in [-0.25, -0.2) is 9.97 Å². The molecule has 4 aromatic rings. The molecule has 0 amide bonds. The number of pyridine rings is 1. The topological polar surface area (TPSA) is 82.3 Å². The van der Waals surface area contributed by atoms with Crippen molar-refractivity contribution in [2.75, 3.05) is 0 Å². The van der Waals surface area contributed by atoms with Gasteiger partial charge in [0.05, 0.1) is 5.69 Å². The number of tetrazole rings is 1. The molecule has 0 aliphatic heterocycles. The highest BCUT2D eigenvalue weighted by molar-refractivity contribution is 7.99. The molecule has 0 unspecified atom stereocenters. The first-order valence-electron chi connectivity index (χ1n) is 6.91. The summed E-state index contributed by atoms with van der Waals surface area (Å²) >= 11 is 1.38. The Morgan fingerprint density at radius 1 is 0.957 bits per heavy atom. The van der Waals surface area contributed by atoms with E-state index in [9.17, 15) is 0 Å². The minimum Gasteiger partial charge on any atom is -0.251 e. The summed E-state index contributed by atoms with van der Waals surface area (Å²) in [7, 11) is 0. The smallest absolute Gasteiger partial charge is 0.220 e. The standard InChI is InChI=1S/C15H11N7S/c1-10-2-4-11(5-3-10)22-15(19-20-21-22)23-13-7-6-12-14(18-13)17-9-8-16-12/h2-9H,1H3. The molecule has 0 saturated heterocycles. The lowest BCUT2D eigenvalue weighted by atomic mass is 10.2. The van der Waals surface area contributed by atoms with Crippen molar-refractivity contribution < 1.29 is 0 Å². The maximum atomic E-state index is 4.48. The van der Waals surface area contributed by atoms with E-state index in [1.54, 1.807) is 17.1 Å². The minimum absolute atomic E-state index is 0.604. The third kappa shape index (κ3) is 2.76. The first-order valence-corrected chi connectivity index (χ1v) is 7.72. The molecule has 0 spiro atoms. The third-order valence-electron chi connectivity index (χ3n) is 3.22. The van der Waals surface area contributed by atoms with Crippen LogP contribution in [0.1, 0.15) is 5.56 Å². The Kier molecular flexibility index (Phi) is 3.43. The van der Waals surface area contributed by atoms with Crippen LogP contribution in [0.2, 0.25) is 0 Å². The molecule has 0 aliphatic carbocycles. The van der Waals surface area contributed by atoms with Gasteiger partial charge >= 0.3 is 0 Å². The Balaban J connectivity index is 1.68. The van der Waals surface area contributed by atoms with Crippen molar-refractivity contribution in [1.29, 1.82) is 0 Å². The average molecular weight is 321 g/mol. The van der Waals surface area contributed by atoms with Crippen LogP contribution in [0.3, 0.4) is 0 Å². The van der Waals surface area contributed by atoms with Gasteiger partial charge in [-0.1, -0.05) is 17.7 Å². The number of fused-ring (bicyclic) bond motifs is 1. The van der Waals surface area contributed by atoms with E-state index < -0.39 is 0 Å². The van der Waals surface area contributed by atoms with Crippen molar-refractivity contribution in [2.24, 2.45) is 0 Å². The van der Waals surface area contributed by atoms with Crippen molar-refractivity contribution in [3.8, 4) is 5.69 Å². The van der Waals surface area contributed by atoms with Crippen LogP contribution >= 0.6 is 11.8 Å². The van der Waals surface area contributed by atoms with Crippen LogP contribution in [-0.2, 0) is 0 Å². The fraction of sp³-hybridized carbons (Fsp3) is 0.0667. The highest BCUT2D eigenvalue weighted by Gasteiger charge is 2.11. The summed E-state index contributed by atoms with van der Waals surface area (Å²) in [5.41, 5.74) is 3.45. The Morgan fingerprint density at radius 2 is 1.78 bits per heavy atom. The highest BCUT2D eigenvalue weighted by Crippen LogP contribution is 2.26. The van der Waals surface area contributed by atoms with Crippen LogP contribution in [0.4, 0.5) is 0 Å². The monoisotopic (exact) mass is 321 g/mol. The first kappa shape index (κ1) is 13.8. The summed E-state index contributed by atoms with van der Waals surface area (Å²) < 4.78 is 1.69. The van der Waals surface area contributed by atoms with E-state index in [0.29, 0.717) is 10.8 Å². The predicted molar refractivity (Wildman–Crippen MR) is 85.3 cm³/mol. The number of nitrogens with zero attached hydrogens (tertiary/aromatic N) is 7. The predicted octanol–water partition coefficient (Wildman–Crippen LogP) is 2.46. The summed E-state index contributed by atoms with van der Waals surface area (Å²) in [5, 5.41) is 13.3. The molecule has 0 saturated carbocycles. The number of benzene rings is 1. The molecular formula is C15H11N7S. The van der Waals surface area contributed by atoms with Gasteiger partial charge in [-0.2, -0.15) is 4.68 Å². The summed E-state index contributed by atoms with van der Waals surface area (Å²) in [4.78, 5) is 12.9. The molecule has 0 aliphatic rings. The molecule has 0 bridgehead atoms. The summed E-state index contributed by atoms with van der Waals surface area (Å²) in [6.07, 6.45) is 3.27. The highest BCUT2D eigenvalue weighted by atomic mass is 32.2. The van der Waals surface area contributed by atoms with Gasteiger partial charge in [0.2, 0.25) is 5.16 Å². The fourth-order valence-corrected chi connectivity index (χ4v) is 2.84. The number of hydrogen-bond acceptors (Lipinski definition) is 7. The summed E-state index contributed by atoms with van der Waals surface area (Å²) in [6.45, 7) is 2.04. The molecule has 112 valence electrons. The van der Waals surface area contributed by atoms with E-state index in [-0.39, 0.29) is 0 Å². The molecule has 8 heteroatoms. The van der Waals surface area contributed by atoms with E-state index in [0.717, 1.165) is 16.2 Å². The van der Waals surface area contributed by atoms with Crippen molar-refractivity contribution in [1.82, 2.24) is 35.2 Å². The molecule has 0 fully saturated rings. The fourth-order valence-electron chi connectivity index (χ4n) is 2.08. The summed E-state index contributed by atoms with van der Waals surface area (Å²) in [6, 6.07) is 11.8. The zero-order chi connectivity index (χ0) is 15.6. The van der Waals surface area contributed by atoms with Gasteiger partial charge in [0.1, 0.15) is 10.5 Å². The molecule has 3 aromatic heterocycles. The van der Waals surface area contributed by atoms with E-state index in [1.807, 2.05) is 43.3 Å². The number of aromatic nitrogens is 7. The number of aryl methyl sites for hydroxylation is 1. The molecule has 1 aromatic carbocycles. The first-order chi connectivity index (χ1) is 11.3. The Morgan fingerprint density at radius 3 is 2.65 bits per heavy atom. The van der Waals surface area contributed by atoms with Crippen molar-refractivity contribution >= 4 is 22.9 Å². The van der Waals surface area contributed by atoms with Crippen LogP contribution in [0.25, 0.3) is 16.9 Å². The van der Waals surface area contributed by atoms with E-state index in [1.165, 1.54) is 17.3 Å². The molecule has 0 atom stereocenters. The lowest BCUT2D eigenvalue weighted by Gasteiger charge is -2.04. The minimum atomic E-state index is 0.604. The Bertz CT molecular complexity index is 965. The average Bonchev–Trinajstić information content (AvgIpc) is 3.03. The van der Waals surface area contributed by atoms with Crippen molar-refractivity contribution in [3.05, 3.63) is 54.4 Å². The molecule has 0 N–H and O–H groups in total. The summed E-state index contributed by atoms with van der Waals surface area (Å²) in [5.74, 6) is 0. The van der Waals surface area contributed by atoms with E-state index in [2.05, 4.69) is 30.5 Å². The lowest BCUT2D eigenvalue weighted by molar-refractivity contribution is 0.755. The largest absolute Gasteiger partial charge is 0.251 e. The SMILES string of the molecule is Cc1ccc(-n2nnnc2Sc2ccc3nccnc3n2)cc1. The Labute approximate surface area is 135 Å². The van der Waals surface area contributed by atoms with Gasteiger partial charge in [0.25, 0.3) is 0 Å². The molecular weight excluding hydrogens is 310 g/mol. The van der Waals surface area contributed by atoms with Gasteiger partial charge in [-0.3, -0.25) is 4.98 Å². The zero-order valence-corrected chi connectivity index (χ0v) is 13.0. The van der Waals surface area contributed by atoms with Crippen LogP contribution in [-0.4, -0.2) is 35.2 Å².